The minimum atomic E-state index is -0.245. The number of hydrogen-bond acceptors (Lipinski definition) is 7. The molecular weight excluding hydrogens is 462 g/mol. The molecule has 0 unspecified atom stereocenters. The Balaban J connectivity index is 1.71. The lowest BCUT2D eigenvalue weighted by Gasteiger charge is -2.27. The van der Waals surface area contributed by atoms with Gasteiger partial charge in [-0.05, 0) is 49.1 Å². The van der Waals surface area contributed by atoms with Crippen molar-refractivity contribution in [3.63, 3.8) is 0 Å². The molecule has 9 nitrogen and oxygen atoms in total. The molecule has 1 N–H and O–H groups in total. The van der Waals surface area contributed by atoms with Gasteiger partial charge in [-0.2, -0.15) is 0 Å². The first-order chi connectivity index (χ1) is 17.4. The molecule has 0 radical (unpaired) electrons. The Labute approximate surface area is 210 Å². The number of benzene rings is 2. The van der Waals surface area contributed by atoms with Crippen molar-refractivity contribution in [1.29, 1.82) is 0 Å². The first-order valence-corrected chi connectivity index (χ1v) is 11.9. The van der Waals surface area contributed by atoms with Gasteiger partial charge in [0, 0.05) is 36.8 Å². The molecule has 4 rings (SSSR count). The zero-order valence-corrected chi connectivity index (χ0v) is 21.0. The average Bonchev–Trinajstić information content (AvgIpc) is 2.90. The van der Waals surface area contributed by atoms with E-state index in [0.29, 0.717) is 54.5 Å². The molecule has 1 saturated heterocycles. The van der Waals surface area contributed by atoms with E-state index in [1.807, 2.05) is 19.9 Å². The number of rotatable bonds is 8. The van der Waals surface area contributed by atoms with Gasteiger partial charge in [-0.15, -0.1) is 0 Å². The molecule has 9 heteroatoms. The fourth-order valence-electron chi connectivity index (χ4n) is 4.11. The number of morpholine rings is 1. The maximum absolute atomic E-state index is 13.6. The van der Waals surface area contributed by atoms with Crippen LogP contribution >= 0.6 is 0 Å². The summed E-state index contributed by atoms with van der Waals surface area (Å²) in [5.74, 6) is 1.36. The molecule has 0 spiro atoms. The molecule has 36 heavy (non-hydrogen) atoms. The normalized spacial score (nSPS) is 13.5. The molecule has 0 saturated carbocycles. The Morgan fingerprint density at radius 1 is 1.06 bits per heavy atom. The summed E-state index contributed by atoms with van der Waals surface area (Å²) in [6, 6.07) is 10.4. The molecule has 2 aromatic carbocycles. The molecule has 0 bridgehead atoms. The highest BCUT2D eigenvalue weighted by Crippen LogP contribution is 2.35. The van der Waals surface area contributed by atoms with E-state index in [-0.39, 0.29) is 30.2 Å². The molecule has 1 fully saturated rings. The van der Waals surface area contributed by atoms with Crippen molar-refractivity contribution in [2.75, 3.05) is 40.5 Å². The van der Waals surface area contributed by atoms with Crippen molar-refractivity contribution in [2.45, 2.75) is 26.5 Å². The molecule has 0 aliphatic carbocycles. The monoisotopic (exact) mass is 493 g/mol. The van der Waals surface area contributed by atoms with E-state index in [4.69, 9.17) is 18.9 Å². The second-order valence-electron chi connectivity index (χ2n) is 8.67. The predicted octanol–water partition coefficient (Wildman–Crippen LogP) is 3.81. The van der Waals surface area contributed by atoms with Crippen LogP contribution in [0, 0.1) is 0 Å². The Hall–Kier alpha value is -3.85. The van der Waals surface area contributed by atoms with E-state index >= 15 is 0 Å². The number of carbonyl (C=O) groups excluding carboxylic acids is 2. The molecule has 2 heterocycles. The van der Waals surface area contributed by atoms with Crippen molar-refractivity contribution < 1.29 is 28.5 Å². The van der Waals surface area contributed by atoms with Gasteiger partial charge in [0.1, 0.15) is 11.4 Å². The number of amides is 2. The summed E-state index contributed by atoms with van der Waals surface area (Å²) in [7, 11) is 3.09. The van der Waals surface area contributed by atoms with E-state index in [9.17, 15) is 9.59 Å². The number of carbonyl (C=O) groups is 2. The number of pyridine rings is 1. The van der Waals surface area contributed by atoms with Gasteiger partial charge < -0.3 is 29.2 Å². The number of methoxy groups -OCH3 is 2. The van der Waals surface area contributed by atoms with Gasteiger partial charge >= 0.3 is 6.03 Å². The molecule has 190 valence electrons. The fourth-order valence-corrected chi connectivity index (χ4v) is 4.11. The molecular formula is C27H31N3O6. The summed E-state index contributed by atoms with van der Waals surface area (Å²) in [6.07, 6.45) is 1.60. The predicted molar refractivity (Wildman–Crippen MR) is 135 cm³/mol. The van der Waals surface area contributed by atoms with Crippen LogP contribution in [0.25, 0.3) is 10.8 Å². The lowest BCUT2D eigenvalue weighted by Crippen LogP contribution is -2.45. The van der Waals surface area contributed by atoms with Crippen LogP contribution in [0.1, 0.15) is 35.5 Å². The zero-order valence-electron chi connectivity index (χ0n) is 21.0. The van der Waals surface area contributed by atoms with Crippen LogP contribution in [-0.2, 0) is 11.3 Å². The van der Waals surface area contributed by atoms with Crippen LogP contribution in [-0.4, -0.2) is 68.3 Å². The van der Waals surface area contributed by atoms with Crippen LogP contribution < -0.4 is 19.5 Å². The third-order valence-corrected chi connectivity index (χ3v) is 5.89. The van der Waals surface area contributed by atoms with Gasteiger partial charge in [-0.1, -0.05) is 12.1 Å². The first-order valence-electron chi connectivity index (χ1n) is 11.9. The second-order valence-corrected chi connectivity index (χ2v) is 8.67. The fraction of sp³-hybridized carbons (Fsp3) is 0.370. The Bertz CT molecular complexity index is 1250. The van der Waals surface area contributed by atoms with Crippen LogP contribution in [0.15, 0.2) is 42.6 Å². The minimum absolute atomic E-state index is 0.0158. The van der Waals surface area contributed by atoms with E-state index in [1.165, 1.54) is 7.11 Å². The smallest absolute Gasteiger partial charge is 0.317 e. The average molecular weight is 494 g/mol. The number of urea groups is 1. The Kier molecular flexibility index (Phi) is 7.90. The summed E-state index contributed by atoms with van der Waals surface area (Å²) >= 11 is 0. The summed E-state index contributed by atoms with van der Waals surface area (Å²) in [5.41, 5.74) is 1.49. The lowest BCUT2D eigenvalue weighted by atomic mass is 9.99. The standard InChI is InChI=1S/C27H31N3O6/c1-17(2)36-20-7-5-6-18(12-20)26(31)25-22-14-24(34-4)23(33-3)13-21(22)19(15-28-25)16-29-27(32)30-8-10-35-11-9-30/h5-7,12-15,17H,8-11,16H2,1-4H3,(H,29,32). The Morgan fingerprint density at radius 3 is 2.42 bits per heavy atom. The Morgan fingerprint density at radius 2 is 1.75 bits per heavy atom. The summed E-state index contributed by atoms with van der Waals surface area (Å²) in [6.45, 7) is 6.23. The third-order valence-electron chi connectivity index (χ3n) is 5.89. The summed E-state index contributed by atoms with van der Waals surface area (Å²) in [5, 5.41) is 4.29. The number of nitrogens with zero attached hydrogens (tertiary/aromatic N) is 2. The molecule has 1 aromatic heterocycles. The van der Waals surface area contributed by atoms with E-state index in [1.54, 1.807) is 48.5 Å². The van der Waals surface area contributed by atoms with Crippen molar-refractivity contribution in [1.82, 2.24) is 15.2 Å². The first kappa shape index (κ1) is 25.2. The van der Waals surface area contributed by atoms with Crippen LogP contribution in [0.5, 0.6) is 17.2 Å². The highest BCUT2D eigenvalue weighted by atomic mass is 16.5. The van der Waals surface area contributed by atoms with Crippen LogP contribution in [0.2, 0.25) is 0 Å². The highest BCUT2D eigenvalue weighted by Gasteiger charge is 2.21. The van der Waals surface area contributed by atoms with Gasteiger partial charge in [-0.3, -0.25) is 9.78 Å². The minimum Gasteiger partial charge on any atom is -0.493 e. The van der Waals surface area contributed by atoms with Crippen molar-refractivity contribution >= 4 is 22.6 Å². The maximum atomic E-state index is 13.6. The molecule has 0 atom stereocenters. The van der Waals surface area contributed by atoms with Crippen molar-refractivity contribution in [3.05, 3.63) is 59.4 Å². The quantitative estimate of drug-likeness (QED) is 0.477. The number of ketones is 1. The van der Waals surface area contributed by atoms with Gasteiger partial charge in [0.2, 0.25) is 5.78 Å². The molecule has 2 amide bonds. The van der Waals surface area contributed by atoms with Gasteiger partial charge in [0.25, 0.3) is 0 Å². The molecule has 3 aromatic rings. The number of fused-ring (bicyclic) bond motifs is 1. The van der Waals surface area contributed by atoms with E-state index < -0.39 is 0 Å². The topological polar surface area (TPSA) is 99.2 Å². The lowest BCUT2D eigenvalue weighted by molar-refractivity contribution is 0.0531. The number of nitrogens with one attached hydrogen (secondary N) is 1. The van der Waals surface area contributed by atoms with Crippen LogP contribution in [0.3, 0.4) is 0 Å². The number of ether oxygens (including phenoxy) is 4. The van der Waals surface area contributed by atoms with Gasteiger partial charge in [-0.25, -0.2) is 4.79 Å². The van der Waals surface area contributed by atoms with Gasteiger partial charge in [0.15, 0.2) is 11.5 Å². The zero-order chi connectivity index (χ0) is 25.7. The largest absolute Gasteiger partial charge is 0.493 e. The second kappa shape index (κ2) is 11.3. The van der Waals surface area contributed by atoms with E-state index in [0.717, 1.165) is 10.9 Å². The van der Waals surface area contributed by atoms with E-state index in [2.05, 4.69) is 10.3 Å². The summed E-state index contributed by atoms with van der Waals surface area (Å²) in [4.78, 5) is 32.4. The maximum Gasteiger partial charge on any atom is 0.317 e. The van der Waals surface area contributed by atoms with Crippen LogP contribution in [0.4, 0.5) is 4.79 Å². The highest BCUT2D eigenvalue weighted by molar-refractivity contribution is 6.15. The molecule has 1 aliphatic rings. The number of aromatic nitrogens is 1. The van der Waals surface area contributed by atoms with Crippen molar-refractivity contribution in [2.24, 2.45) is 0 Å². The van der Waals surface area contributed by atoms with Gasteiger partial charge in [0.05, 0.1) is 33.5 Å². The summed E-state index contributed by atoms with van der Waals surface area (Å²) < 4.78 is 22.1. The molecule has 1 aliphatic heterocycles. The number of hydrogen-bond donors (Lipinski definition) is 1. The SMILES string of the molecule is COc1cc2c(CNC(=O)N3CCOCC3)cnc(C(=O)c3cccc(OC(C)C)c3)c2cc1OC. The van der Waals surface area contributed by atoms with Crippen molar-refractivity contribution in [3.8, 4) is 17.2 Å². The third kappa shape index (κ3) is 5.52.